The van der Waals surface area contributed by atoms with Crippen LogP contribution in [-0.4, -0.2) is 66.6 Å². The molecule has 12 heteroatoms. The smallest absolute Gasteiger partial charge is 0.253 e. The van der Waals surface area contributed by atoms with Gasteiger partial charge in [0.1, 0.15) is 12.1 Å². The predicted molar refractivity (Wildman–Crippen MR) is 185 cm³/mol. The van der Waals surface area contributed by atoms with Gasteiger partial charge in [-0.25, -0.2) is 23.1 Å². The molecule has 3 N–H and O–H groups in total. The van der Waals surface area contributed by atoms with E-state index in [1.54, 1.807) is 11.2 Å². The molecule has 1 aliphatic rings. The van der Waals surface area contributed by atoms with Gasteiger partial charge in [0.2, 0.25) is 10.0 Å². The largest absolute Gasteiger partial charge is 0.395 e. The van der Waals surface area contributed by atoms with Crippen molar-refractivity contribution >= 4 is 55.9 Å². The lowest BCUT2D eigenvalue weighted by atomic mass is 9.84. The van der Waals surface area contributed by atoms with Gasteiger partial charge in [-0.3, -0.25) is 4.79 Å². The molecule has 242 valence electrons. The standard InChI is InChI=1S/C35H33Cl2N5O4S/c36-27-8-1-23(2-9-27)33(24-3-10-28(37)11-4-24)26-7-14-32-31(21-26)34(39-22-38-32)41-29-15-18-42(19-16-29)35(44)25-5-12-30(13-6-25)47(45,46)40-17-20-43/h1-14,21-22,29,33,40,43H,15-20H2,(H,38,39,41). The highest BCUT2D eigenvalue weighted by Crippen LogP contribution is 2.36. The average Bonchev–Trinajstić information content (AvgIpc) is 3.09. The number of piperidine rings is 1. The number of aromatic nitrogens is 2. The third-order valence-corrected chi connectivity index (χ3v) is 10.3. The van der Waals surface area contributed by atoms with Crippen molar-refractivity contribution < 1.29 is 18.3 Å². The molecule has 0 aliphatic carbocycles. The number of carbonyl (C=O) groups excluding carboxylic acids is 1. The summed E-state index contributed by atoms with van der Waals surface area (Å²) < 4.78 is 26.9. The lowest BCUT2D eigenvalue weighted by Gasteiger charge is -2.33. The van der Waals surface area contributed by atoms with Crippen molar-refractivity contribution in [3.05, 3.63) is 130 Å². The molecule has 0 radical (unpaired) electrons. The Morgan fingerprint density at radius 3 is 2.04 bits per heavy atom. The first-order valence-corrected chi connectivity index (χ1v) is 17.5. The third-order valence-electron chi connectivity index (χ3n) is 8.34. The fraction of sp³-hybridized carbons (Fsp3) is 0.229. The van der Waals surface area contributed by atoms with Gasteiger partial charge in [0, 0.05) is 52.6 Å². The van der Waals surface area contributed by atoms with Crippen LogP contribution < -0.4 is 10.0 Å². The summed E-state index contributed by atoms with van der Waals surface area (Å²) in [7, 11) is -3.75. The Bertz CT molecular complexity index is 1920. The number of rotatable bonds is 10. The summed E-state index contributed by atoms with van der Waals surface area (Å²) in [6.07, 6.45) is 2.99. The number of nitrogens with one attached hydrogen (secondary N) is 2. The van der Waals surface area contributed by atoms with Gasteiger partial charge in [0.25, 0.3) is 5.91 Å². The predicted octanol–water partition coefficient (Wildman–Crippen LogP) is 6.10. The lowest BCUT2D eigenvalue weighted by molar-refractivity contribution is 0.0718. The highest BCUT2D eigenvalue weighted by atomic mass is 35.5. The first-order chi connectivity index (χ1) is 22.7. The van der Waals surface area contributed by atoms with Gasteiger partial charge < -0.3 is 15.3 Å². The van der Waals surface area contributed by atoms with E-state index in [0.717, 1.165) is 33.4 Å². The number of likely N-dealkylation sites (tertiary alicyclic amines) is 1. The Kier molecular flexibility index (Phi) is 10.0. The molecule has 6 rings (SSSR count). The minimum Gasteiger partial charge on any atom is -0.395 e. The molecule has 1 aromatic heterocycles. The van der Waals surface area contributed by atoms with Crippen molar-refractivity contribution in [1.29, 1.82) is 0 Å². The summed E-state index contributed by atoms with van der Waals surface area (Å²) in [6.45, 7) is 0.700. The van der Waals surface area contributed by atoms with Crippen LogP contribution >= 0.6 is 23.2 Å². The summed E-state index contributed by atoms with van der Waals surface area (Å²) in [6, 6.07) is 27.9. The van der Waals surface area contributed by atoms with Crippen LogP contribution in [-0.2, 0) is 10.0 Å². The Labute approximate surface area is 283 Å². The van der Waals surface area contributed by atoms with E-state index in [-0.39, 0.29) is 35.9 Å². The van der Waals surface area contributed by atoms with Crippen LogP contribution in [0, 0.1) is 0 Å². The van der Waals surface area contributed by atoms with Crippen molar-refractivity contribution in [2.75, 3.05) is 31.6 Å². The minimum absolute atomic E-state index is 0.0401. The fourth-order valence-electron chi connectivity index (χ4n) is 5.90. The number of sulfonamides is 1. The Morgan fingerprint density at radius 2 is 1.45 bits per heavy atom. The molecule has 0 spiro atoms. The van der Waals surface area contributed by atoms with Crippen LogP contribution in [0.5, 0.6) is 0 Å². The van der Waals surface area contributed by atoms with Crippen LogP contribution in [0.2, 0.25) is 10.0 Å². The maximum absolute atomic E-state index is 13.2. The second-order valence-electron chi connectivity index (χ2n) is 11.4. The van der Waals surface area contributed by atoms with Crippen molar-refractivity contribution in [2.24, 2.45) is 0 Å². The maximum Gasteiger partial charge on any atom is 0.253 e. The van der Waals surface area contributed by atoms with Crippen LogP contribution in [0.4, 0.5) is 5.82 Å². The van der Waals surface area contributed by atoms with Gasteiger partial charge in [0.05, 0.1) is 17.0 Å². The molecule has 0 unspecified atom stereocenters. The van der Waals surface area contributed by atoms with Crippen LogP contribution in [0.25, 0.3) is 10.9 Å². The van der Waals surface area contributed by atoms with Gasteiger partial charge in [-0.2, -0.15) is 0 Å². The number of carbonyl (C=O) groups is 1. The van der Waals surface area contributed by atoms with Crippen molar-refractivity contribution in [2.45, 2.75) is 29.7 Å². The molecule has 4 aromatic carbocycles. The van der Waals surface area contributed by atoms with E-state index in [2.05, 4.69) is 32.1 Å². The maximum atomic E-state index is 13.2. The number of hydrogen-bond acceptors (Lipinski definition) is 7. The summed E-state index contributed by atoms with van der Waals surface area (Å²) >= 11 is 12.4. The SMILES string of the molecule is O=C(c1ccc(S(=O)(=O)NCCO)cc1)N1CCC(Nc2ncnc3ccc(C(c4ccc(Cl)cc4)c4ccc(Cl)cc4)cc23)CC1. The van der Waals surface area contributed by atoms with Gasteiger partial charge in [-0.05, 0) is 90.2 Å². The van der Waals surface area contributed by atoms with Gasteiger partial charge in [0.15, 0.2) is 0 Å². The van der Waals surface area contributed by atoms with Gasteiger partial charge in [-0.1, -0.05) is 53.5 Å². The van der Waals surface area contributed by atoms with Crippen molar-refractivity contribution in [3.63, 3.8) is 0 Å². The second kappa shape index (κ2) is 14.4. The highest BCUT2D eigenvalue weighted by molar-refractivity contribution is 7.89. The quantitative estimate of drug-likeness (QED) is 0.151. The number of hydrogen-bond donors (Lipinski definition) is 3. The number of fused-ring (bicyclic) bond motifs is 1. The van der Waals surface area contributed by atoms with E-state index < -0.39 is 10.0 Å². The normalized spacial score (nSPS) is 14.1. The van der Waals surface area contributed by atoms with E-state index in [0.29, 0.717) is 41.5 Å². The Morgan fingerprint density at radius 1 is 0.851 bits per heavy atom. The molecular weight excluding hydrogens is 657 g/mol. The zero-order valence-corrected chi connectivity index (χ0v) is 27.6. The van der Waals surface area contributed by atoms with Gasteiger partial charge >= 0.3 is 0 Å². The number of aliphatic hydroxyl groups is 1. The Balaban J connectivity index is 1.18. The summed E-state index contributed by atoms with van der Waals surface area (Å²) in [5.74, 6) is 0.518. The molecular formula is C35H33Cl2N5O4S. The second-order valence-corrected chi connectivity index (χ2v) is 14.0. The molecule has 1 fully saturated rings. The first kappa shape index (κ1) is 32.9. The first-order valence-electron chi connectivity index (χ1n) is 15.2. The molecule has 0 atom stereocenters. The molecule has 47 heavy (non-hydrogen) atoms. The topological polar surface area (TPSA) is 125 Å². The van der Waals surface area contributed by atoms with E-state index in [4.69, 9.17) is 28.3 Å². The number of nitrogens with zero attached hydrogens (tertiary/aromatic N) is 3. The molecule has 1 saturated heterocycles. The van der Waals surface area contributed by atoms with Crippen molar-refractivity contribution in [1.82, 2.24) is 19.6 Å². The number of anilines is 1. The molecule has 0 bridgehead atoms. The fourth-order valence-corrected chi connectivity index (χ4v) is 7.17. The molecule has 9 nitrogen and oxygen atoms in total. The van der Waals surface area contributed by atoms with E-state index >= 15 is 0 Å². The molecule has 5 aromatic rings. The van der Waals surface area contributed by atoms with Crippen molar-refractivity contribution in [3.8, 4) is 0 Å². The van der Waals surface area contributed by atoms with Crippen LogP contribution in [0.3, 0.4) is 0 Å². The lowest BCUT2D eigenvalue weighted by Crippen LogP contribution is -2.42. The number of halogens is 2. The summed E-state index contributed by atoms with van der Waals surface area (Å²) in [5, 5.41) is 14.8. The van der Waals surface area contributed by atoms with E-state index in [1.165, 1.54) is 24.3 Å². The minimum atomic E-state index is -3.75. The van der Waals surface area contributed by atoms with E-state index in [1.807, 2.05) is 54.6 Å². The van der Waals surface area contributed by atoms with Crippen LogP contribution in [0.1, 0.15) is 45.8 Å². The van der Waals surface area contributed by atoms with Crippen LogP contribution in [0.15, 0.2) is 102 Å². The zero-order valence-electron chi connectivity index (χ0n) is 25.3. The summed E-state index contributed by atoms with van der Waals surface area (Å²) in [4.78, 5) is 24.2. The van der Waals surface area contributed by atoms with E-state index in [9.17, 15) is 13.2 Å². The summed E-state index contributed by atoms with van der Waals surface area (Å²) in [5.41, 5.74) is 4.50. The van der Waals surface area contributed by atoms with Gasteiger partial charge in [-0.15, -0.1) is 0 Å². The monoisotopic (exact) mass is 689 g/mol. The number of aliphatic hydroxyl groups excluding tert-OH is 1. The number of benzene rings is 4. The molecule has 1 aliphatic heterocycles. The average molecular weight is 691 g/mol. The highest BCUT2D eigenvalue weighted by Gasteiger charge is 2.25. The Hall–Kier alpha value is -4.06. The molecule has 1 amide bonds. The molecule has 2 heterocycles. The molecule has 0 saturated carbocycles. The zero-order chi connectivity index (χ0) is 33.0. The third kappa shape index (κ3) is 7.58. The number of amides is 1.